The fourth-order valence-corrected chi connectivity index (χ4v) is 2.78. The lowest BCUT2D eigenvalue weighted by Crippen LogP contribution is -2.11. The van der Waals surface area contributed by atoms with Gasteiger partial charge in [0.25, 0.3) is 0 Å². The molecule has 1 N–H and O–H groups in total. The van der Waals surface area contributed by atoms with Gasteiger partial charge in [-0.3, -0.25) is 9.59 Å². The number of hydrogen-bond acceptors (Lipinski definition) is 2. The van der Waals surface area contributed by atoms with Gasteiger partial charge in [0.2, 0.25) is 0 Å². The molecule has 0 aromatic carbocycles. The minimum atomic E-state index is -0.891. The number of Topliss-reactive ketones (excluding diaryl/α,β-unsaturated/α-hetero) is 1. The van der Waals surface area contributed by atoms with E-state index in [1.165, 1.54) is 5.56 Å². The molecule has 104 valence electrons. The fraction of sp³-hybridized carbons (Fsp3) is 0.267. The van der Waals surface area contributed by atoms with Gasteiger partial charge in [-0.2, -0.15) is 0 Å². The first-order chi connectivity index (χ1) is 9.58. The van der Waals surface area contributed by atoms with Crippen LogP contribution < -0.4 is 0 Å². The highest BCUT2D eigenvalue weighted by atomic mass is 31.0. The van der Waals surface area contributed by atoms with Crippen LogP contribution in [0, 0.1) is 0 Å². The van der Waals surface area contributed by atoms with Gasteiger partial charge >= 0.3 is 5.97 Å². The molecule has 0 bridgehead atoms. The zero-order valence-electron chi connectivity index (χ0n) is 11.2. The molecule has 5 heteroatoms. The van der Waals surface area contributed by atoms with Crippen molar-refractivity contribution in [2.24, 2.45) is 7.05 Å². The Morgan fingerprint density at radius 3 is 2.75 bits per heavy atom. The second-order valence-electron chi connectivity index (χ2n) is 4.62. The molecule has 0 saturated heterocycles. The van der Waals surface area contributed by atoms with Crippen LogP contribution in [0.1, 0.15) is 28.2 Å². The first-order valence-electron chi connectivity index (χ1n) is 6.36. The van der Waals surface area contributed by atoms with Gasteiger partial charge < -0.3 is 9.67 Å². The molecule has 0 fully saturated rings. The summed E-state index contributed by atoms with van der Waals surface area (Å²) >= 11 is 0. The summed E-state index contributed by atoms with van der Waals surface area (Å²) in [6.07, 6.45) is 1.10. The smallest absolute Gasteiger partial charge is 0.309 e. The maximum Gasteiger partial charge on any atom is 0.309 e. The number of nitrogens with zero attached hydrogens (tertiary/aromatic N) is 1. The summed E-state index contributed by atoms with van der Waals surface area (Å²) in [4.78, 5) is 22.9. The monoisotopic (exact) mass is 289 g/mol. The minimum Gasteiger partial charge on any atom is -0.481 e. The number of ketones is 1. The standard InChI is InChI=1S/C15H16NO3P/c1-16-12(9-15(18)19)5-6-13(16)14(17)7-4-11-3-2-8-20-10-11/h2-3,5-6,8,10H,4,7,9H2,1H3,(H,18,19). The van der Waals surface area contributed by atoms with E-state index in [2.05, 4.69) is 5.80 Å². The Morgan fingerprint density at radius 2 is 2.10 bits per heavy atom. The number of carbonyl (C=O) groups excluding carboxylic acids is 1. The molecular formula is C15H16NO3P. The second-order valence-corrected chi connectivity index (χ2v) is 5.48. The lowest BCUT2D eigenvalue weighted by atomic mass is 10.1. The molecule has 0 aliphatic carbocycles. The molecule has 2 heterocycles. The van der Waals surface area contributed by atoms with Gasteiger partial charge in [-0.15, -0.1) is 0 Å². The third-order valence-electron chi connectivity index (χ3n) is 3.21. The zero-order chi connectivity index (χ0) is 14.5. The van der Waals surface area contributed by atoms with Crippen molar-refractivity contribution in [3.63, 3.8) is 0 Å². The highest BCUT2D eigenvalue weighted by Gasteiger charge is 2.14. The lowest BCUT2D eigenvalue weighted by molar-refractivity contribution is -0.136. The molecule has 0 spiro atoms. The first kappa shape index (κ1) is 14.5. The number of hydrogen-bond donors (Lipinski definition) is 1. The summed E-state index contributed by atoms with van der Waals surface area (Å²) in [5.41, 5.74) is 2.39. The Kier molecular flexibility index (Phi) is 4.70. The third kappa shape index (κ3) is 3.55. The van der Waals surface area contributed by atoms with Crippen molar-refractivity contribution in [1.82, 2.24) is 4.57 Å². The Morgan fingerprint density at radius 1 is 1.30 bits per heavy atom. The first-order valence-corrected chi connectivity index (χ1v) is 7.39. The number of carboxylic acids is 1. The zero-order valence-corrected chi connectivity index (χ0v) is 12.1. The predicted octanol–water partition coefficient (Wildman–Crippen LogP) is 3.05. The molecule has 4 nitrogen and oxygen atoms in total. The molecule has 2 rings (SSSR count). The van der Waals surface area contributed by atoms with Gasteiger partial charge in [0.1, 0.15) is 0 Å². The Labute approximate surface area is 119 Å². The summed E-state index contributed by atoms with van der Waals surface area (Å²) in [6.45, 7) is 0. The average Bonchev–Trinajstić information content (AvgIpc) is 2.78. The van der Waals surface area contributed by atoms with E-state index in [0.717, 1.165) is 14.6 Å². The Balaban J connectivity index is 2.03. The van der Waals surface area contributed by atoms with Gasteiger partial charge in [-0.25, -0.2) is 0 Å². The maximum absolute atomic E-state index is 12.2. The van der Waals surface area contributed by atoms with Crippen LogP contribution in [0.5, 0.6) is 0 Å². The fourth-order valence-electron chi connectivity index (χ4n) is 2.10. The van der Waals surface area contributed by atoms with Crippen LogP contribution >= 0.6 is 8.19 Å². The summed E-state index contributed by atoms with van der Waals surface area (Å²) in [5.74, 6) is 3.29. The molecular weight excluding hydrogens is 273 g/mol. The topological polar surface area (TPSA) is 59.3 Å². The van der Waals surface area contributed by atoms with Crippen molar-refractivity contribution in [1.29, 1.82) is 0 Å². The maximum atomic E-state index is 12.2. The molecule has 0 unspecified atom stereocenters. The summed E-state index contributed by atoms with van der Waals surface area (Å²) in [5, 5.41) is 8.80. The van der Waals surface area contributed by atoms with E-state index in [1.54, 1.807) is 23.7 Å². The van der Waals surface area contributed by atoms with Crippen molar-refractivity contribution >= 4 is 19.9 Å². The number of rotatable bonds is 6. The molecule has 0 radical (unpaired) electrons. The largest absolute Gasteiger partial charge is 0.481 e. The normalized spacial score (nSPS) is 10.8. The molecule has 20 heavy (non-hydrogen) atoms. The van der Waals surface area contributed by atoms with E-state index in [4.69, 9.17) is 5.11 Å². The average molecular weight is 289 g/mol. The SMILES string of the molecule is Cn1c(CC(=O)O)ccc1C(=O)CCc1cccpc1. The Hall–Kier alpha value is -1.93. The Bertz CT molecular complexity index is 619. The van der Waals surface area contributed by atoms with E-state index in [1.807, 2.05) is 17.9 Å². The summed E-state index contributed by atoms with van der Waals surface area (Å²) in [6, 6.07) is 7.42. The van der Waals surface area contributed by atoms with Crippen LogP contribution in [0.25, 0.3) is 0 Å². The molecule has 0 aliphatic heterocycles. The van der Waals surface area contributed by atoms with Crippen LogP contribution in [0.3, 0.4) is 0 Å². The molecule has 0 aliphatic rings. The number of carboxylic acid groups (broad SMARTS) is 1. The molecule has 0 saturated carbocycles. The van der Waals surface area contributed by atoms with Crippen LogP contribution in [-0.4, -0.2) is 21.4 Å². The molecule has 0 atom stereocenters. The number of aromatic nitrogens is 1. The second kappa shape index (κ2) is 6.49. The number of aryl methyl sites for hydroxylation is 1. The van der Waals surface area contributed by atoms with E-state index < -0.39 is 5.97 Å². The van der Waals surface area contributed by atoms with Gasteiger partial charge in [-0.1, -0.05) is 20.3 Å². The summed E-state index contributed by atoms with van der Waals surface area (Å²) in [7, 11) is 2.89. The van der Waals surface area contributed by atoms with Crippen molar-refractivity contribution in [2.45, 2.75) is 19.3 Å². The van der Waals surface area contributed by atoms with Gasteiger partial charge in [0.15, 0.2) is 5.78 Å². The lowest BCUT2D eigenvalue weighted by Gasteiger charge is -2.06. The third-order valence-corrected chi connectivity index (χ3v) is 4.03. The van der Waals surface area contributed by atoms with Crippen LogP contribution in [0.2, 0.25) is 0 Å². The summed E-state index contributed by atoms with van der Waals surface area (Å²) < 4.78 is 1.67. The highest BCUT2D eigenvalue weighted by molar-refractivity contribution is 7.28. The van der Waals surface area contributed by atoms with E-state index in [9.17, 15) is 9.59 Å². The van der Waals surface area contributed by atoms with Crippen molar-refractivity contribution in [3.8, 4) is 0 Å². The number of carbonyl (C=O) groups is 2. The molecule has 2 aromatic rings. The predicted molar refractivity (Wildman–Crippen MR) is 78.4 cm³/mol. The van der Waals surface area contributed by atoms with E-state index in [0.29, 0.717) is 17.8 Å². The minimum absolute atomic E-state index is 0.0460. The van der Waals surface area contributed by atoms with Crippen LogP contribution in [0.15, 0.2) is 35.9 Å². The van der Waals surface area contributed by atoms with Crippen LogP contribution in [0.4, 0.5) is 0 Å². The molecule has 2 aromatic heterocycles. The van der Waals surface area contributed by atoms with Crippen molar-refractivity contribution in [3.05, 3.63) is 52.8 Å². The van der Waals surface area contributed by atoms with E-state index in [-0.39, 0.29) is 12.2 Å². The highest BCUT2D eigenvalue weighted by Crippen LogP contribution is 2.14. The van der Waals surface area contributed by atoms with Gasteiger partial charge in [0, 0.05) is 19.2 Å². The van der Waals surface area contributed by atoms with Gasteiger partial charge in [0.05, 0.1) is 12.1 Å². The van der Waals surface area contributed by atoms with E-state index >= 15 is 0 Å². The van der Waals surface area contributed by atoms with Gasteiger partial charge in [-0.05, 0) is 35.7 Å². The molecule has 0 amide bonds. The quantitative estimate of drug-likeness (QED) is 0.831. The number of aliphatic carboxylic acids is 1. The van der Waals surface area contributed by atoms with Crippen molar-refractivity contribution in [2.75, 3.05) is 0 Å². The van der Waals surface area contributed by atoms with Crippen LogP contribution in [-0.2, 0) is 24.7 Å². The van der Waals surface area contributed by atoms with Crippen molar-refractivity contribution < 1.29 is 14.7 Å².